The number of rotatable bonds is 14. The summed E-state index contributed by atoms with van der Waals surface area (Å²) < 4.78 is 12.7. The molecule has 1 aliphatic heterocycles. The summed E-state index contributed by atoms with van der Waals surface area (Å²) in [5, 5.41) is 20.8. The number of carbonyl (C=O) groups excluding carboxylic acids is 2. The molecule has 1 fully saturated rings. The topological polar surface area (TPSA) is 120 Å². The molecule has 0 aliphatic carbocycles. The molecule has 38 heavy (non-hydrogen) atoms. The molecule has 0 bridgehead atoms. The highest BCUT2D eigenvalue weighted by Crippen LogP contribution is 2.38. The van der Waals surface area contributed by atoms with Gasteiger partial charge in [0.1, 0.15) is 0 Å². The number of aliphatic hydroxyl groups excluding tert-OH is 1. The first-order valence-corrected chi connectivity index (χ1v) is 13.0. The van der Waals surface area contributed by atoms with Crippen molar-refractivity contribution in [1.82, 2.24) is 10.4 Å². The Morgan fingerprint density at radius 3 is 2.29 bits per heavy atom. The number of anilines is 1. The van der Waals surface area contributed by atoms with E-state index in [9.17, 15) is 14.7 Å². The Kier molecular flexibility index (Phi) is 11.9. The van der Waals surface area contributed by atoms with E-state index in [1.165, 1.54) is 0 Å². The van der Waals surface area contributed by atoms with E-state index >= 15 is 0 Å². The third-order valence-electron chi connectivity index (χ3n) is 6.47. The lowest BCUT2D eigenvalue weighted by Crippen LogP contribution is -2.37. The van der Waals surface area contributed by atoms with Crippen molar-refractivity contribution in [3.8, 4) is 0 Å². The van der Waals surface area contributed by atoms with Gasteiger partial charge in [0.05, 0.1) is 18.8 Å². The SMILES string of the molecule is C=CCN(C)C[C@@H]1C[C@H](c2ccc(CO)cc2)O[C@H](c2ccc(NC(=O)CCCCCC(=O)NO)cc2)O1. The Bertz CT molecular complexity index is 1030. The second kappa shape index (κ2) is 15.4. The molecule has 9 nitrogen and oxygen atoms in total. The predicted octanol–water partition coefficient (Wildman–Crippen LogP) is 4.24. The Balaban J connectivity index is 1.60. The van der Waals surface area contributed by atoms with Crippen molar-refractivity contribution in [3.63, 3.8) is 0 Å². The zero-order chi connectivity index (χ0) is 27.3. The maximum absolute atomic E-state index is 12.3. The molecule has 1 heterocycles. The van der Waals surface area contributed by atoms with Gasteiger partial charge in [-0.3, -0.25) is 14.8 Å². The van der Waals surface area contributed by atoms with E-state index in [0.29, 0.717) is 31.4 Å². The molecule has 0 saturated carbocycles. The standard InChI is InChI=1S/C29H39N3O6/c1-3-17-32(2)19-25-18-26(22-11-9-21(20-33)10-12-22)38-29(37-25)23-13-15-24(16-14-23)30-27(34)7-5-4-6-8-28(35)31-36/h3,9-16,25-26,29,33,36H,1,4-8,17-20H2,2H3,(H,30,34)(H,31,35)/t25-,26+,29+/m0/s1. The van der Waals surface area contributed by atoms with Crippen molar-refractivity contribution in [3.05, 3.63) is 77.9 Å². The van der Waals surface area contributed by atoms with Gasteiger partial charge in [0.2, 0.25) is 11.8 Å². The summed E-state index contributed by atoms with van der Waals surface area (Å²) in [5.74, 6) is -0.507. The number of unbranched alkanes of at least 4 members (excludes halogenated alkanes) is 2. The van der Waals surface area contributed by atoms with E-state index in [4.69, 9.17) is 14.7 Å². The average Bonchev–Trinajstić information content (AvgIpc) is 2.93. The molecule has 0 aromatic heterocycles. The highest BCUT2D eigenvalue weighted by molar-refractivity contribution is 5.90. The first-order chi connectivity index (χ1) is 18.4. The quantitative estimate of drug-likeness (QED) is 0.126. The Labute approximate surface area is 224 Å². The van der Waals surface area contributed by atoms with Crippen LogP contribution in [0.25, 0.3) is 0 Å². The molecule has 1 saturated heterocycles. The van der Waals surface area contributed by atoms with Gasteiger partial charge in [-0.25, -0.2) is 5.48 Å². The van der Waals surface area contributed by atoms with E-state index in [1.807, 2.05) is 61.7 Å². The average molecular weight is 526 g/mol. The van der Waals surface area contributed by atoms with Crippen LogP contribution in [-0.2, 0) is 25.7 Å². The van der Waals surface area contributed by atoms with Crippen LogP contribution in [-0.4, -0.2) is 53.3 Å². The van der Waals surface area contributed by atoms with Gasteiger partial charge in [-0.2, -0.15) is 0 Å². The summed E-state index contributed by atoms with van der Waals surface area (Å²) in [6, 6.07) is 15.3. The van der Waals surface area contributed by atoms with E-state index in [2.05, 4.69) is 16.8 Å². The maximum Gasteiger partial charge on any atom is 0.243 e. The van der Waals surface area contributed by atoms with Crippen LogP contribution in [0.1, 0.15) is 67.6 Å². The van der Waals surface area contributed by atoms with Gasteiger partial charge >= 0.3 is 0 Å². The van der Waals surface area contributed by atoms with Crippen LogP contribution in [0.5, 0.6) is 0 Å². The molecule has 3 atom stereocenters. The summed E-state index contributed by atoms with van der Waals surface area (Å²) in [6.45, 7) is 5.31. The molecular formula is C29H39N3O6. The first-order valence-electron chi connectivity index (χ1n) is 13.0. The number of hydrogen-bond donors (Lipinski definition) is 4. The van der Waals surface area contributed by atoms with Crippen molar-refractivity contribution in [2.24, 2.45) is 0 Å². The molecular weight excluding hydrogens is 486 g/mol. The third-order valence-corrected chi connectivity index (χ3v) is 6.47. The second-order valence-electron chi connectivity index (χ2n) is 9.63. The summed E-state index contributed by atoms with van der Waals surface area (Å²) >= 11 is 0. The van der Waals surface area contributed by atoms with Crippen LogP contribution in [0.2, 0.25) is 0 Å². The Morgan fingerprint density at radius 2 is 1.66 bits per heavy atom. The molecule has 0 spiro atoms. The molecule has 2 amide bonds. The number of nitrogens with zero attached hydrogens (tertiary/aromatic N) is 1. The van der Waals surface area contributed by atoms with Crippen molar-refractivity contribution < 1.29 is 29.4 Å². The molecule has 2 aromatic rings. The van der Waals surface area contributed by atoms with E-state index in [1.54, 1.807) is 5.48 Å². The maximum atomic E-state index is 12.3. The number of aliphatic hydroxyl groups is 1. The van der Waals surface area contributed by atoms with Gasteiger partial charge in [0.25, 0.3) is 0 Å². The van der Waals surface area contributed by atoms with Gasteiger partial charge in [-0.1, -0.05) is 48.9 Å². The largest absolute Gasteiger partial charge is 0.392 e. The van der Waals surface area contributed by atoms with Crippen LogP contribution < -0.4 is 10.8 Å². The molecule has 3 rings (SSSR count). The van der Waals surface area contributed by atoms with E-state index < -0.39 is 12.2 Å². The van der Waals surface area contributed by atoms with Crippen LogP contribution in [0.3, 0.4) is 0 Å². The van der Waals surface area contributed by atoms with Crippen molar-refractivity contribution >= 4 is 17.5 Å². The molecule has 0 radical (unpaired) electrons. The number of benzene rings is 2. The summed E-state index contributed by atoms with van der Waals surface area (Å²) in [4.78, 5) is 25.5. The van der Waals surface area contributed by atoms with Gasteiger partial charge < -0.3 is 24.8 Å². The lowest BCUT2D eigenvalue weighted by molar-refractivity contribution is -0.252. The highest BCUT2D eigenvalue weighted by Gasteiger charge is 2.32. The number of nitrogens with one attached hydrogen (secondary N) is 2. The molecule has 4 N–H and O–H groups in total. The number of ether oxygens (including phenoxy) is 2. The summed E-state index contributed by atoms with van der Waals surface area (Å²) in [5.41, 5.74) is 5.04. The van der Waals surface area contributed by atoms with Gasteiger partial charge in [-0.05, 0) is 43.1 Å². The zero-order valence-electron chi connectivity index (χ0n) is 22.0. The fourth-order valence-electron chi connectivity index (χ4n) is 4.43. The number of amides is 2. The Hall–Kier alpha value is -3.08. The second-order valence-corrected chi connectivity index (χ2v) is 9.63. The van der Waals surface area contributed by atoms with Crippen molar-refractivity contribution in [2.75, 3.05) is 25.5 Å². The van der Waals surface area contributed by atoms with Crippen LogP contribution in [0, 0.1) is 0 Å². The van der Waals surface area contributed by atoms with Gasteiger partial charge in [-0.15, -0.1) is 6.58 Å². The van der Waals surface area contributed by atoms with E-state index in [0.717, 1.165) is 36.2 Å². The van der Waals surface area contributed by atoms with Gasteiger partial charge in [0, 0.05) is 43.6 Å². The third kappa shape index (κ3) is 9.34. The minimum atomic E-state index is -0.561. The Morgan fingerprint density at radius 1 is 1.00 bits per heavy atom. The smallest absolute Gasteiger partial charge is 0.243 e. The van der Waals surface area contributed by atoms with Crippen molar-refractivity contribution in [1.29, 1.82) is 0 Å². The van der Waals surface area contributed by atoms with Crippen LogP contribution in [0.15, 0.2) is 61.2 Å². The first kappa shape index (κ1) is 29.5. The number of hydroxylamine groups is 1. The highest BCUT2D eigenvalue weighted by atomic mass is 16.7. The lowest BCUT2D eigenvalue weighted by Gasteiger charge is -2.37. The van der Waals surface area contributed by atoms with Crippen molar-refractivity contribution in [2.45, 2.75) is 63.6 Å². The monoisotopic (exact) mass is 525 g/mol. The predicted molar refractivity (Wildman–Crippen MR) is 144 cm³/mol. The molecule has 1 aliphatic rings. The summed E-state index contributed by atoms with van der Waals surface area (Å²) in [7, 11) is 2.03. The van der Waals surface area contributed by atoms with Crippen LogP contribution >= 0.6 is 0 Å². The fraction of sp³-hybridized carbons (Fsp3) is 0.448. The molecule has 206 valence electrons. The molecule has 2 aromatic carbocycles. The van der Waals surface area contributed by atoms with Gasteiger partial charge in [0.15, 0.2) is 6.29 Å². The molecule has 9 heteroatoms. The van der Waals surface area contributed by atoms with E-state index in [-0.39, 0.29) is 31.1 Å². The normalized spacial score (nSPS) is 19.2. The number of carbonyl (C=O) groups is 2. The lowest BCUT2D eigenvalue weighted by atomic mass is 9.99. The van der Waals surface area contributed by atoms with Crippen LogP contribution in [0.4, 0.5) is 5.69 Å². The number of hydrogen-bond acceptors (Lipinski definition) is 7. The molecule has 0 unspecified atom stereocenters. The zero-order valence-corrected chi connectivity index (χ0v) is 22.0. The fourth-order valence-corrected chi connectivity index (χ4v) is 4.43. The number of likely N-dealkylation sites (N-methyl/N-ethyl adjacent to an activating group) is 1. The minimum absolute atomic E-state index is 0.00124. The summed E-state index contributed by atoms with van der Waals surface area (Å²) in [6.07, 6.45) is 4.40. The minimum Gasteiger partial charge on any atom is -0.392 e.